The summed E-state index contributed by atoms with van der Waals surface area (Å²) in [5.41, 5.74) is 14.5. The number of nitrogen functional groups attached to an aromatic ring is 1. The fourth-order valence-electron chi connectivity index (χ4n) is 4.92. The molecule has 4 saturated heterocycles. The summed E-state index contributed by atoms with van der Waals surface area (Å²) in [6, 6.07) is 7.85. The van der Waals surface area contributed by atoms with Gasteiger partial charge in [-0.3, -0.25) is 44.7 Å². The lowest BCUT2D eigenvalue weighted by Gasteiger charge is -2.28. The zero-order valence-electron chi connectivity index (χ0n) is 30.3. The summed E-state index contributed by atoms with van der Waals surface area (Å²) in [6.45, 7) is 5.49. The molecule has 0 atom stereocenters. The fourth-order valence-corrected chi connectivity index (χ4v) is 4.92. The molecular formula is C34H42N12O10. The van der Waals surface area contributed by atoms with E-state index in [2.05, 4.69) is 35.6 Å². The third-order valence-corrected chi connectivity index (χ3v) is 8.19. The molecule has 0 aliphatic carbocycles. The Balaban J connectivity index is 0.000000138. The third-order valence-electron chi connectivity index (χ3n) is 8.19. The molecule has 56 heavy (non-hydrogen) atoms. The van der Waals surface area contributed by atoms with Gasteiger partial charge in [-0.2, -0.15) is 0 Å². The number of nitro groups is 2. The Hall–Kier alpha value is -6.33. The Bertz CT molecular complexity index is 2080. The van der Waals surface area contributed by atoms with Crippen molar-refractivity contribution in [3.8, 4) is 5.75 Å². The van der Waals surface area contributed by atoms with Crippen LogP contribution in [-0.2, 0) is 18.9 Å². The molecule has 7 N–H and O–H groups in total. The molecule has 4 aliphatic rings. The van der Waals surface area contributed by atoms with Crippen LogP contribution in [0.2, 0.25) is 0 Å². The Morgan fingerprint density at radius 2 is 1.25 bits per heavy atom. The quantitative estimate of drug-likeness (QED) is 0.111. The van der Waals surface area contributed by atoms with Crippen molar-refractivity contribution >= 4 is 39.5 Å². The van der Waals surface area contributed by atoms with Gasteiger partial charge >= 0.3 is 17.1 Å². The van der Waals surface area contributed by atoms with Crippen LogP contribution in [-0.4, -0.2) is 117 Å². The molecule has 4 aliphatic heterocycles. The maximum absolute atomic E-state index is 11.6. The van der Waals surface area contributed by atoms with E-state index in [4.69, 9.17) is 35.2 Å². The zero-order valence-corrected chi connectivity index (χ0v) is 30.3. The van der Waals surface area contributed by atoms with Gasteiger partial charge in [-0.1, -0.05) is 0 Å². The maximum Gasteiger partial charge on any atom is 0.328 e. The van der Waals surface area contributed by atoms with Gasteiger partial charge < -0.3 is 50.8 Å². The Morgan fingerprint density at radius 1 is 0.750 bits per heavy atom. The first-order chi connectivity index (χ1) is 27.1. The normalized spacial score (nSPS) is 16.0. The van der Waals surface area contributed by atoms with Gasteiger partial charge in [0, 0.05) is 30.9 Å². The molecule has 0 bridgehead atoms. The number of ether oxygens (including phenoxy) is 5. The Kier molecular flexibility index (Phi) is 14.9. The molecule has 9 heterocycles. The van der Waals surface area contributed by atoms with Crippen molar-refractivity contribution in [3.05, 3.63) is 105 Å². The highest BCUT2D eigenvalue weighted by molar-refractivity contribution is 5.74. The van der Waals surface area contributed by atoms with Crippen molar-refractivity contribution in [2.24, 2.45) is 5.73 Å². The topological polar surface area (TPSA) is 298 Å². The van der Waals surface area contributed by atoms with Crippen molar-refractivity contribution in [3.63, 3.8) is 0 Å². The van der Waals surface area contributed by atoms with E-state index in [-0.39, 0.29) is 34.9 Å². The molecule has 5 aromatic rings. The minimum atomic E-state index is -0.536. The molecule has 22 heteroatoms. The number of anilines is 3. The lowest BCUT2D eigenvalue weighted by Crippen LogP contribution is -2.41. The van der Waals surface area contributed by atoms with E-state index in [1.807, 2.05) is 12.1 Å². The van der Waals surface area contributed by atoms with Crippen LogP contribution in [0.15, 0.2) is 78.6 Å². The Labute approximate surface area is 318 Å². The summed E-state index contributed by atoms with van der Waals surface area (Å²) in [6.07, 6.45) is 12.1. The predicted octanol–water partition coefficient (Wildman–Crippen LogP) is 1.91. The molecular weight excluding hydrogens is 736 g/mol. The van der Waals surface area contributed by atoms with Gasteiger partial charge in [-0.25, -0.2) is 4.79 Å². The van der Waals surface area contributed by atoms with Crippen LogP contribution in [0.4, 0.5) is 28.4 Å². The van der Waals surface area contributed by atoms with E-state index in [1.54, 1.807) is 35.4 Å². The number of fused-ring (bicyclic) bond motifs is 1. The van der Waals surface area contributed by atoms with Crippen LogP contribution in [0.3, 0.4) is 0 Å². The van der Waals surface area contributed by atoms with Crippen LogP contribution >= 0.6 is 0 Å². The number of methoxy groups -OCH3 is 1. The second-order valence-electron chi connectivity index (χ2n) is 12.4. The molecule has 0 saturated carbocycles. The van der Waals surface area contributed by atoms with Crippen LogP contribution in [0.25, 0.3) is 11.0 Å². The van der Waals surface area contributed by atoms with E-state index in [9.17, 15) is 25.0 Å². The molecule has 5 aromatic heterocycles. The summed E-state index contributed by atoms with van der Waals surface area (Å²) in [7, 11) is 1.38. The van der Waals surface area contributed by atoms with Gasteiger partial charge in [0.1, 0.15) is 18.1 Å². The summed E-state index contributed by atoms with van der Waals surface area (Å²) in [5.74, 6) is 0.227. The van der Waals surface area contributed by atoms with Gasteiger partial charge in [-0.05, 0) is 18.2 Å². The predicted molar refractivity (Wildman–Crippen MR) is 202 cm³/mol. The van der Waals surface area contributed by atoms with E-state index in [0.29, 0.717) is 49.9 Å². The highest BCUT2D eigenvalue weighted by Crippen LogP contribution is 2.25. The van der Waals surface area contributed by atoms with Crippen molar-refractivity contribution in [2.45, 2.75) is 24.2 Å². The summed E-state index contributed by atoms with van der Waals surface area (Å²) in [5, 5.41) is 27.1. The lowest BCUT2D eigenvalue weighted by atomic mass is 10.2. The number of hydrogen-bond donors (Lipinski definition) is 5. The van der Waals surface area contributed by atoms with Crippen LogP contribution in [0.5, 0.6) is 5.75 Å². The summed E-state index contributed by atoms with van der Waals surface area (Å²) < 4.78 is 26.2. The second-order valence-corrected chi connectivity index (χ2v) is 12.4. The molecule has 298 valence electrons. The van der Waals surface area contributed by atoms with Crippen molar-refractivity contribution in [1.29, 1.82) is 0 Å². The van der Waals surface area contributed by atoms with Crippen molar-refractivity contribution < 1.29 is 33.5 Å². The standard InChI is InChI=1S/C9H9N3O2.C8H9N3O3.C8H11N3O.C6H6N2O3.C3H7NO/c13-9-11-7-3-10-2-1-8(7)12(9)6-4-14-5-6;12-11(13)8-3-9-2-1-7(8)10-6-4-14-5-6;9-7-3-10-2-1-8(7)11-6-4-12-5-6;1-11-6-2-3-7-4-5(6)8(9)10;4-3-1-5-2-3/h1-3,6H,4-5H2,(H,11,13);1-3,6H,4-5H2,(H,9,10);1-3,6H,4-5,9H2,(H,10,11);2-4H,1H3;3H,1-2,4H2. The van der Waals surface area contributed by atoms with Crippen molar-refractivity contribution in [1.82, 2.24) is 29.5 Å². The van der Waals surface area contributed by atoms with E-state index in [1.165, 1.54) is 31.8 Å². The first kappa shape index (κ1) is 40.8. The lowest BCUT2D eigenvalue weighted by molar-refractivity contribution is -0.386. The summed E-state index contributed by atoms with van der Waals surface area (Å²) >= 11 is 0. The Morgan fingerprint density at radius 3 is 1.73 bits per heavy atom. The highest BCUT2D eigenvalue weighted by Gasteiger charge is 2.24. The molecule has 0 radical (unpaired) electrons. The average Bonchev–Trinajstić information content (AvgIpc) is 3.46. The van der Waals surface area contributed by atoms with Crippen LogP contribution in [0.1, 0.15) is 6.04 Å². The molecule has 0 aromatic carbocycles. The SMILES string of the molecule is COc1ccncc1[N+](=O)[O-].NC1COC1.Nc1cnccc1NC1COC1.O=[N+]([O-])c1cnccc1NC1COC1.O=c1[nH]c2cnccc2n1C1COC1. The highest BCUT2D eigenvalue weighted by atomic mass is 16.6. The number of imidazole rings is 1. The monoisotopic (exact) mass is 778 g/mol. The largest absolute Gasteiger partial charge is 0.490 e. The maximum atomic E-state index is 11.6. The average molecular weight is 779 g/mol. The van der Waals surface area contributed by atoms with Gasteiger partial charge in [-0.15, -0.1) is 0 Å². The van der Waals surface area contributed by atoms with Gasteiger partial charge in [0.2, 0.25) is 0 Å². The molecule has 0 amide bonds. The number of aromatic nitrogens is 6. The second kappa shape index (κ2) is 20.4. The van der Waals surface area contributed by atoms with E-state index < -0.39 is 9.85 Å². The zero-order chi connectivity index (χ0) is 39.9. The van der Waals surface area contributed by atoms with Crippen LogP contribution in [0, 0.1) is 20.2 Å². The first-order valence-electron chi connectivity index (χ1n) is 17.2. The third kappa shape index (κ3) is 11.3. The van der Waals surface area contributed by atoms with E-state index in [0.717, 1.165) is 49.3 Å². The molecule has 4 fully saturated rings. The number of pyridine rings is 4. The first-order valence-corrected chi connectivity index (χ1v) is 17.2. The van der Waals surface area contributed by atoms with Crippen molar-refractivity contribution in [2.75, 3.05) is 76.3 Å². The smallest absolute Gasteiger partial charge is 0.328 e. The number of rotatable bonds is 8. The van der Waals surface area contributed by atoms with Gasteiger partial charge in [0.05, 0.1) is 129 Å². The number of nitrogens with two attached hydrogens (primary N) is 2. The van der Waals surface area contributed by atoms with E-state index >= 15 is 0 Å². The number of nitrogens with one attached hydrogen (secondary N) is 3. The minimum Gasteiger partial charge on any atom is -0.490 e. The minimum absolute atomic E-state index is 0.000556. The molecule has 9 rings (SSSR count). The fraction of sp³-hybridized carbons (Fsp3) is 0.382. The molecule has 0 unspecified atom stereocenters. The summed E-state index contributed by atoms with van der Waals surface area (Å²) in [4.78, 5) is 49.4. The molecule has 0 spiro atoms. The number of hydrogen-bond acceptors (Lipinski definition) is 18. The number of H-pyrrole nitrogens is 1. The van der Waals surface area contributed by atoms with Gasteiger partial charge in [0.25, 0.3) is 0 Å². The number of aromatic amines is 1. The number of nitrogens with zero attached hydrogens (tertiary/aromatic N) is 7. The van der Waals surface area contributed by atoms with Crippen LogP contribution < -0.4 is 32.5 Å². The molecule has 22 nitrogen and oxygen atoms in total. The van der Waals surface area contributed by atoms with Gasteiger partial charge in [0.15, 0.2) is 5.75 Å².